The normalized spacial score (nSPS) is 10.3. The molecule has 0 fully saturated rings. The van der Waals surface area contributed by atoms with Gasteiger partial charge >= 0.3 is 0 Å². The Morgan fingerprint density at radius 3 is 2.90 bits per heavy atom. The highest BCUT2D eigenvalue weighted by Gasteiger charge is 2.15. The molecule has 2 heterocycles. The van der Waals surface area contributed by atoms with Crippen molar-refractivity contribution in [3.05, 3.63) is 30.0 Å². The molecule has 0 amide bonds. The summed E-state index contributed by atoms with van der Waals surface area (Å²) in [5, 5.41) is 19.6. The van der Waals surface area contributed by atoms with Gasteiger partial charge in [-0.15, -0.1) is 0 Å². The number of hydrogen-bond donors (Lipinski definition) is 2. The van der Waals surface area contributed by atoms with Crippen molar-refractivity contribution < 1.29 is 4.74 Å². The molecule has 0 saturated heterocycles. The van der Waals surface area contributed by atoms with Crippen LogP contribution >= 0.6 is 0 Å². The maximum absolute atomic E-state index is 9.09. The fourth-order valence-electron chi connectivity index (χ4n) is 2.11. The van der Waals surface area contributed by atoms with Crippen molar-refractivity contribution in [3.8, 4) is 23.1 Å². The third-order valence-corrected chi connectivity index (χ3v) is 3.12. The number of fused-ring (bicyclic) bond motifs is 1. The zero-order valence-corrected chi connectivity index (χ0v) is 11.5. The predicted octanol–water partition coefficient (Wildman–Crippen LogP) is 1.94. The molecule has 0 bridgehead atoms. The summed E-state index contributed by atoms with van der Waals surface area (Å²) in [6.45, 7) is 0. The van der Waals surface area contributed by atoms with Crippen LogP contribution in [0.25, 0.3) is 22.3 Å². The molecule has 3 rings (SSSR count). The number of H-pyrrole nitrogens is 1. The first-order valence-electron chi connectivity index (χ1n) is 6.24. The van der Waals surface area contributed by atoms with Crippen LogP contribution in [0, 0.1) is 11.3 Å². The van der Waals surface area contributed by atoms with Gasteiger partial charge in [0, 0.05) is 12.6 Å². The number of nitrogens with one attached hydrogen (secondary N) is 2. The minimum absolute atomic E-state index is 0.464. The highest BCUT2D eigenvalue weighted by Crippen LogP contribution is 2.34. The Balaban J connectivity index is 2.33. The SMILES string of the molecule is CNc1nc(-c2cc(C#N)ccc2OC)c2cn[nH]c2n1. The van der Waals surface area contributed by atoms with Gasteiger partial charge < -0.3 is 10.1 Å². The van der Waals surface area contributed by atoms with Gasteiger partial charge in [-0.2, -0.15) is 15.3 Å². The molecule has 2 N–H and O–H groups in total. The van der Waals surface area contributed by atoms with Crippen molar-refractivity contribution in [3.63, 3.8) is 0 Å². The lowest BCUT2D eigenvalue weighted by Crippen LogP contribution is -1.99. The molecule has 0 aliphatic carbocycles. The molecule has 0 aliphatic rings. The van der Waals surface area contributed by atoms with Crippen LogP contribution in [0.3, 0.4) is 0 Å². The Morgan fingerprint density at radius 1 is 1.33 bits per heavy atom. The minimum Gasteiger partial charge on any atom is -0.496 e. The van der Waals surface area contributed by atoms with Gasteiger partial charge in [0.2, 0.25) is 5.95 Å². The van der Waals surface area contributed by atoms with Crippen LogP contribution in [-0.2, 0) is 0 Å². The molecule has 21 heavy (non-hydrogen) atoms. The molecule has 0 radical (unpaired) electrons. The van der Waals surface area contributed by atoms with Crippen molar-refractivity contribution in [2.45, 2.75) is 0 Å². The molecule has 0 atom stereocenters. The van der Waals surface area contributed by atoms with Crippen molar-refractivity contribution >= 4 is 17.0 Å². The number of rotatable bonds is 3. The second-order valence-electron chi connectivity index (χ2n) is 4.30. The number of aromatic amines is 1. The van der Waals surface area contributed by atoms with E-state index in [0.29, 0.717) is 28.6 Å². The van der Waals surface area contributed by atoms with Gasteiger partial charge in [-0.3, -0.25) is 5.10 Å². The lowest BCUT2D eigenvalue weighted by Gasteiger charge is -2.10. The van der Waals surface area contributed by atoms with E-state index in [2.05, 4.69) is 31.6 Å². The average molecular weight is 280 g/mol. The van der Waals surface area contributed by atoms with Gasteiger partial charge in [0.1, 0.15) is 5.75 Å². The van der Waals surface area contributed by atoms with Crippen molar-refractivity contribution in [1.82, 2.24) is 20.2 Å². The van der Waals surface area contributed by atoms with Gasteiger partial charge in [-0.25, -0.2) is 4.98 Å². The molecule has 0 unspecified atom stereocenters. The summed E-state index contributed by atoms with van der Waals surface area (Å²) in [5.74, 6) is 1.10. The van der Waals surface area contributed by atoms with E-state index in [1.54, 1.807) is 38.6 Å². The van der Waals surface area contributed by atoms with E-state index >= 15 is 0 Å². The largest absolute Gasteiger partial charge is 0.496 e. The van der Waals surface area contributed by atoms with E-state index < -0.39 is 0 Å². The smallest absolute Gasteiger partial charge is 0.225 e. The molecule has 7 nitrogen and oxygen atoms in total. The van der Waals surface area contributed by atoms with E-state index in [1.807, 2.05) is 0 Å². The quantitative estimate of drug-likeness (QED) is 0.760. The van der Waals surface area contributed by atoms with Crippen LogP contribution in [0.1, 0.15) is 5.56 Å². The Morgan fingerprint density at radius 2 is 2.19 bits per heavy atom. The first-order valence-corrected chi connectivity index (χ1v) is 6.24. The van der Waals surface area contributed by atoms with E-state index in [0.717, 1.165) is 10.9 Å². The van der Waals surface area contributed by atoms with Crippen LogP contribution in [0.2, 0.25) is 0 Å². The van der Waals surface area contributed by atoms with E-state index in [9.17, 15) is 0 Å². The summed E-state index contributed by atoms with van der Waals surface area (Å²) in [7, 11) is 3.32. The highest BCUT2D eigenvalue weighted by molar-refractivity contribution is 5.92. The van der Waals surface area contributed by atoms with Crippen LogP contribution in [0.5, 0.6) is 5.75 Å². The molecule has 7 heteroatoms. The van der Waals surface area contributed by atoms with Crippen molar-refractivity contribution in [1.29, 1.82) is 5.26 Å². The van der Waals surface area contributed by atoms with Crippen LogP contribution in [0.4, 0.5) is 5.95 Å². The summed E-state index contributed by atoms with van der Waals surface area (Å²) in [4.78, 5) is 8.77. The summed E-state index contributed by atoms with van der Waals surface area (Å²) in [6, 6.07) is 7.32. The summed E-state index contributed by atoms with van der Waals surface area (Å²) in [6.07, 6.45) is 1.66. The third-order valence-electron chi connectivity index (χ3n) is 3.12. The summed E-state index contributed by atoms with van der Waals surface area (Å²) < 4.78 is 5.38. The van der Waals surface area contributed by atoms with Crippen LogP contribution in [0.15, 0.2) is 24.4 Å². The molecule has 3 aromatic rings. The number of aromatic nitrogens is 4. The maximum Gasteiger partial charge on any atom is 0.225 e. The predicted molar refractivity (Wildman–Crippen MR) is 77.9 cm³/mol. The fraction of sp³-hybridized carbons (Fsp3) is 0.143. The summed E-state index contributed by atoms with van der Waals surface area (Å²) in [5.41, 5.74) is 2.54. The molecule has 104 valence electrons. The topological polar surface area (TPSA) is 99.5 Å². The first kappa shape index (κ1) is 12.9. The van der Waals surface area contributed by atoms with E-state index in [1.165, 1.54) is 0 Å². The number of nitrogens with zero attached hydrogens (tertiary/aromatic N) is 4. The van der Waals surface area contributed by atoms with Crippen molar-refractivity contribution in [2.24, 2.45) is 0 Å². The Hall–Kier alpha value is -3.14. The van der Waals surface area contributed by atoms with Crippen LogP contribution < -0.4 is 10.1 Å². The lowest BCUT2D eigenvalue weighted by molar-refractivity contribution is 0.416. The maximum atomic E-state index is 9.09. The highest BCUT2D eigenvalue weighted by atomic mass is 16.5. The Labute approximate surface area is 120 Å². The van der Waals surface area contributed by atoms with Gasteiger partial charge in [0.25, 0.3) is 0 Å². The van der Waals surface area contributed by atoms with E-state index in [-0.39, 0.29) is 0 Å². The molecular weight excluding hydrogens is 268 g/mol. The second-order valence-corrected chi connectivity index (χ2v) is 4.30. The van der Waals surface area contributed by atoms with Gasteiger partial charge in [-0.05, 0) is 18.2 Å². The number of hydrogen-bond acceptors (Lipinski definition) is 6. The second kappa shape index (κ2) is 5.09. The van der Waals surface area contributed by atoms with Crippen LogP contribution in [-0.4, -0.2) is 34.3 Å². The molecule has 0 aliphatic heterocycles. The molecular formula is C14H12N6O. The summed E-state index contributed by atoms with van der Waals surface area (Å²) >= 11 is 0. The first-order chi connectivity index (χ1) is 10.3. The monoisotopic (exact) mass is 280 g/mol. The fourth-order valence-corrected chi connectivity index (χ4v) is 2.11. The number of nitriles is 1. The Kier molecular flexibility index (Phi) is 3.12. The zero-order valence-electron chi connectivity index (χ0n) is 11.5. The van der Waals surface area contributed by atoms with Gasteiger partial charge in [0.15, 0.2) is 5.65 Å². The zero-order chi connectivity index (χ0) is 14.8. The molecule has 0 saturated carbocycles. The number of ether oxygens (including phenoxy) is 1. The average Bonchev–Trinajstić information content (AvgIpc) is 3.01. The number of methoxy groups -OCH3 is 1. The third kappa shape index (κ3) is 2.12. The van der Waals surface area contributed by atoms with Gasteiger partial charge in [-0.1, -0.05) is 0 Å². The molecule has 2 aromatic heterocycles. The molecule has 0 spiro atoms. The molecule has 1 aromatic carbocycles. The number of anilines is 1. The minimum atomic E-state index is 0.464. The van der Waals surface area contributed by atoms with Crippen molar-refractivity contribution in [2.75, 3.05) is 19.5 Å². The standard InChI is InChI=1S/C14H12N6O/c1-16-14-18-12(10-7-17-20-13(10)19-14)9-5-8(6-15)3-4-11(9)21-2/h3-5,7H,1-2H3,(H2,16,17,18,19,20). The van der Waals surface area contributed by atoms with E-state index in [4.69, 9.17) is 10.00 Å². The lowest BCUT2D eigenvalue weighted by atomic mass is 10.1. The number of benzene rings is 1. The Bertz CT molecular complexity index is 848. The van der Waals surface area contributed by atoms with Gasteiger partial charge in [0.05, 0.1) is 36.0 Å².